The van der Waals surface area contributed by atoms with Crippen LogP contribution in [0.1, 0.15) is 30.4 Å². The molecule has 0 aliphatic carbocycles. The highest BCUT2D eigenvalue weighted by Crippen LogP contribution is 2.19. The second-order valence-electron chi connectivity index (χ2n) is 8.26. The van der Waals surface area contributed by atoms with Gasteiger partial charge in [0.25, 0.3) is 11.5 Å². The maximum absolute atomic E-state index is 12.9. The molecule has 1 saturated heterocycles. The number of nitrogens with one attached hydrogen (secondary N) is 1. The second-order valence-corrected chi connectivity index (χ2v) is 8.70. The predicted molar refractivity (Wildman–Crippen MR) is 129 cm³/mol. The molecule has 0 spiro atoms. The number of rotatable bonds is 5. The van der Waals surface area contributed by atoms with Gasteiger partial charge >= 0.3 is 0 Å². The van der Waals surface area contributed by atoms with Gasteiger partial charge in [0, 0.05) is 42.3 Å². The third kappa shape index (κ3) is 4.85. The number of fused-ring (bicyclic) bond motifs is 1. The Hall–Kier alpha value is -3.39. The number of benzene rings is 2. The Labute approximate surface area is 196 Å². The zero-order valence-electron chi connectivity index (χ0n) is 18.6. The van der Waals surface area contributed by atoms with Gasteiger partial charge in [-0.25, -0.2) is 4.68 Å². The quantitative estimate of drug-likeness (QED) is 0.623. The Morgan fingerprint density at radius 3 is 2.27 bits per heavy atom. The molecule has 1 N–H and O–H groups in total. The van der Waals surface area contributed by atoms with Gasteiger partial charge in [-0.2, -0.15) is 5.10 Å². The SMILES string of the molecule is CC(C)n1nc(C(=O)NCC(=O)N2CCN(c3ccc(Cl)cc3)CC2)c2ccccc2c1=O. The van der Waals surface area contributed by atoms with Crippen molar-refractivity contribution >= 4 is 39.9 Å². The number of piperazine rings is 1. The van der Waals surface area contributed by atoms with E-state index in [2.05, 4.69) is 15.3 Å². The molecule has 0 unspecified atom stereocenters. The first-order valence-electron chi connectivity index (χ1n) is 10.9. The molecule has 2 heterocycles. The number of carbonyl (C=O) groups is 2. The van der Waals surface area contributed by atoms with Crippen LogP contribution in [-0.4, -0.2) is 59.2 Å². The van der Waals surface area contributed by atoms with E-state index in [1.54, 1.807) is 29.2 Å². The minimum absolute atomic E-state index is 0.128. The molecule has 8 nitrogen and oxygen atoms in total. The number of hydrogen-bond acceptors (Lipinski definition) is 5. The van der Waals surface area contributed by atoms with Crippen LogP contribution < -0.4 is 15.8 Å². The maximum atomic E-state index is 12.9. The molecule has 1 aromatic heterocycles. The minimum Gasteiger partial charge on any atom is -0.368 e. The summed E-state index contributed by atoms with van der Waals surface area (Å²) in [5.74, 6) is -0.630. The second kappa shape index (κ2) is 9.62. The van der Waals surface area contributed by atoms with Gasteiger partial charge in [0.2, 0.25) is 5.91 Å². The van der Waals surface area contributed by atoms with Crippen molar-refractivity contribution in [2.24, 2.45) is 0 Å². The van der Waals surface area contributed by atoms with Crippen LogP contribution in [0.15, 0.2) is 53.3 Å². The van der Waals surface area contributed by atoms with Crippen LogP contribution in [0.4, 0.5) is 5.69 Å². The first kappa shape index (κ1) is 22.8. The zero-order chi connectivity index (χ0) is 23.5. The van der Waals surface area contributed by atoms with E-state index in [4.69, 9.17) is 11.6 Å². The van der Waals surface area contributed by atoms with E-state index in [9.17, 15) is 14.4 Å². The molecule has 4 rings (SSSR count). The van der Waals surface area contributed by atoms with Crippen LogP contribution >= 0.6 is 11.6 Å². The number of aromatic nitrogens is 2. The fourth-order valence-electron chi connectivity index (χ4n) is 3.94. The molecule has 1 fully saturated rings. The summed E-state index contributed by atoms with van der Waals surface area (Å²) in [6, 6.07) is 14.3. The summed E-state index contributed by atoms with van der Waals surface area (Å²) >= 11 is 5.96. The van der Waals surface area contributed by atoms with Gasteiger partial charge in [0.05, 0.1) is 18.0 Å². The molecule has 0 atom stereocenters. The van der Waals surface area contributed by atoms with Crippen molar-refractivity contribution in [1.29, 1.82) is 0 Å². The molecule has 0 radical (unpaired) electrons. The van der Waals surface area contributed by atoms with Gasteiger partial charge in [-0.05, 0) is 44.2 Å². The predicted octanol–water partition coefficient (Wildman–Crippen LogP) is 2.71. The molecule has 0 saturated carbocycles. The Kier molecular flexibility index (Phi) is 6.65. The van der Waals surface area contributed by atoms with Gasteiger partial charge in [0.15, 0.2) is 5.69 Å². The normalized spacial score (nSPS) is 14.1. The molecule has 0 bridgehead atoms. The first-order valence-corrected chi connectivity index (χ1v) is 11.3. The van der Waals surface area contributed by atoms with Crippen LogP contribution in [0.25, 0.3) is 10.8 Å². The lowest BCUT2D eigenvalue weighted by Crippen LogP contribution is -2.51. The van der Waals surface area contributed by atoms with E-state index in [1.165, 1.54) is 4.68 Å². The molecular weight excluding hydrogens is 442 g/mol. The number of nitrogens with zero attached hydrogens (tertiary/aromatic N) is 4. The van der Waals surface area contributed by atoms with Gasteiger partial charge < -0.3 is 15.1 Å². The molecule has 172 valence electrons. The molecule has 9 heteroatoms. The Morgan fingerprint density at radius 2 is 1.64 bits per heavy atom. The largest absolute Gasteiger partial charge is 0.368 e. The van der Waals surface area contributed by atoms with Crippen molar-refractivity contribution in [3.63, 3.8) is 0 Å². The number of carbonyl (C=O) groups excluding carboxylic acids is 2. The Bertz CT molecular complexity index is 1230. The highest BCUT2D eigenvalue weighted by atomic mass is 35.5. The maximum Gasteiger partial charge on any atom is 0.274 e. The van der Waals surface area contributed by atoms with Gasteiger partial charge in [-0.15, -0.1) is 0 Å². The molecule has 1 aliphatic rings. The number of anilines is 1. The third-order valence-electron chi connectivity index (χ3n) is 5.76. The average molecular weight is 468 g/mol. The van der Waals surface area contributed by atoms with Crippen molar-refractivity contribution in [3.05, 3.63) is 69.6 Å². The van der Waals surface area contributed by atoms with E-state index < -0.39 is 5.91 Å². The van der Waals surface area contributed by atoms with Crippen molar-refractivity contribution < 1.29 is 9.59 Å². The van der Waals surface area contributed by atoms with Gasteiger partial charge in [0.1, 0.15) is 0 Å². The standard InChI is InChI=1S/C24H26ClN5O3/c1-16(2)30-24(33)20-6-4-3-5-19(20)22(27-30)23(32)26-15-21(31)29-13-11-28(12-14-29)18-9-7-17(25)8-10-18/h3-10,16H,11-15H2,1-2H3,(H,26,32). The van der Waals surface area contributed by atoms with Crippen molar-refractivity contribution in [1.82, 2.24) is 20.0 Å². The first-order chi connectivity index (χ1) is 15.8. The summed E-state index contributed by atoms with van der Waals surface area (Å²) in [5.41, 5.74) is 0.962. The van der Waals surface area contributed by atoms with E-state index in [-0.39, 0.29) is 29.7 Å². The van der Waals surface area contributed by atoms with Crippen molar-refractivity contribution in [2.45, 2.75) is 19.9 Å². The molecular formula is C24H26ClN5O3. The van der Waals surface area contributed by atoms with Crippen molar-refractivity contribution in [3.8, 4) is 0 Å². The summed E-state index contributed by atoms with van der Waals surface area (Å²) in [7, 11) is 0. The number of halogens is 1. The monoisotopic (exact) mass is 467 g/mol. The average Bonchev–Trinajstić information content (AvgIpc) is 2.83. The molecule has 1 aliphatic heterocycles. The van der Waals surface area contributed by atoms with E-state index >= 15 is 0 Å². The number of amides is 2. The summed E-state index contributed by atoms with van der Waals surface area (Å²) < 4.78 is 1.30. The summed E-state index contributed by atoms with van der Waals surface area (Å²) in [5, 5.41) is 8.57. The van der Waals surface area contributed by atoms with Crippen LogP contribution in [-0.2, 0) is 4.79 Å². The van der Waals surface area contributed by atoms with Gasteiger partial charge in [-0.3, -0.25) is 14.4 Å². The van der Waals surface area contributed by atoms with Crippen LogP contribution in [0.5, 0.6) is 0 Å². The smallest absolute Gasteiger partial charge is 0.274 e. The highest BCUT2D eigenvalue weighted by molar-refractivity contribution is 6.30. The van der Waals surface area contributed by atoms with Gasteiger partial charge in [-0.1, -0.05) is 29.8 Å². The number of hydrogen-bond donors (Lipinski definition) is 1. The lowest BCUT2D eigenvalue weighted by molar-refractivity contribution is -0.130. The molecule has 2 amide bonds. The lowest BCUT2D eigenvalue weighted by Gasteiger charge is -2.36. The third-order valence-corrected chi connectivity index (χ3v) is 6.01. The van der Waals surface area contributed by atoms with Crippen LogP contribution in [0.2, 0.25) is 5.02 Å². The van der Waals surface area contributed by atoms with E-state index in [1.807, 2.05) is 38.1 Å². The summed E-state index contributed by atoms with van der Waals surface area (Å²) in [4.78, 5) is 42.2. The lowest BCUT2D eigenvalue weighted by atomic mass is 10.1. The molecule has 33 heavy (non-hydrogen) atoms. The zero-order valence-corrected chi connectivity index (χ0v) is 19.4. The molecule has 3 aromatic rings. The molecule has 2 aromatic carbocycles. The minimum atomic E-state index is -0.478. The fourth-order valence-corrected chi connectivity index (χ4v) is 4.07. The Morgan fingerprint density at radius 1 is 1.00 bits per heavy atom. The topological polar surface area (TPSA) is 87.5 Å². The van der Waals surface area contributed by atoms with Crippen LogP contribution in [0, 0.1) is 0 Å². The van der Waals surface area contributed by atoms with E-state index in [0.29, 0.717) is 42.0 Å². The van der Waals surface area contributed by atoms with E-state index in [0.717, 1.165) is 5.69 Å². The fraction of sp³-hybridized carbons (Fsp3) is 0.333. The van der Waals surface area contributed by atoms with Crippen LogP contribution in [0.3, 0.4) is 0 Å². The summed E-state index contributed by atoms with van der Waals surface area (Å²) in [6.07, 6.45) is 0. The Balaban J connectivity index is 1.41. The van der Waals surface area contributed by atoms with Crippen molar-refractivity contribution in [2.75, 3.05) is 37.6 Å². The summed E-state index contributed by atoms with van der Waals surface area (Å²) in [6.45, 7) is 6.07. The highest BCUT2D eigenvalue weighted by Gasteiger charge is 2.23.